The van der Waals surface area contributed by atoms with Gasteiger partial charge in [-0.25, -0.2) is 4.98 Å². The lowest BCUT2D eigenvalue weighted by Crippen LogP contribution is -2.23. The van der Waals surface area contributed by atoms with Crippen LogP contribution in [0.15, 0.2) is 28.7 Å². The molecule has 0 radical (unpaired) electrons. The maximum atomic E-state index is 12.1. The van der Waals surface area contributed by atoms with Gasteiger partial charge in [-0.2, -0.15) is 0 Å². The summed E-state index contributed by atoms with van der Waals surface area (Å²) >= 11 is 0. The summed E-state index contributed by atoms with van der Waals surface area (Å²) < 4.78 is 5.82. The number of carbonyl (C=O) groups excluding carboxylic acids is 1. The minimum atomic E-state index is -0.126. The van der Waals surface area contributed by atoms with Gasteiger partial charge in [0.05, 0.1) is 5.69 Å². The molecule has 5 nitrogen and oxygen atoms in total. The molecule has 2 rings (SSSR count). The van der Waals surface area contributed by atoms with E-state index >= 15 is 0 Å². The summed E-state index contributed by atoms with van der Waals surface area (Å²) in [6, 6.07) is 7.92. The van der Waals surface area contributed by atoms with E-state index in [1.807, 2.05) is 31.2 Å². The van der Waals surface area contributed by atoms with Gasteiger partial charge in [0.1, 0.15) is 5.76 Å². The lowest BCUT2D eigenvalue weighted by molar-refractivity contribution is -0.121. The molecule has 1 heterocycles. The first kappa shape index (κ1) is 18.2. The Morgan fingerprint density at radius 1 is 1.29 bits per heavy atom. The molecule has 0 aliphatic rings. The van der Waals surface area contributed by atoms with Crippen molar-refractivity contribution in [3.05, 3.63) is 52.7 Å². The van der Waals surface area contributed by atoms with E-state index in [2.05, 4.69) is 31.1 Å². The molecule has 2 aromatic rings. The second-order valence-corrected chi connectivity index (χ2v) is 7.08. The number of nitrogens with one attached hydrogen (secondary N) is 1. The number of benzene rings is 1. The fraction of sp³-hybridized carbons (Fsp3) is 0.474. The fourth-order valence-electron chi connectivity index (χ4n) is 2.36. The summed E-state index contributed by atoms with van der Waals surface area (Å²) in [5.74, 6) is 1.51. The molecule has 3 N–H and O–H groups in total. The van der Waals surface area contributed by atoms with Crippen LogP contribution in [0.3, 0.4) is 0 Å². The highest BCUT2D eigenvalue weighted by Crippen LogP contribution is 2.24. The number of rotatable bonds is 6. The highest BCUT2D eigenvalue weighted by molar-refractivity contribution is 5.76. The van der Waals surface area contributed by atoms with Gasteiger partial charge in [0, 0.05) is 31.3 Å². The van der Waals surface area contributed by atoms with Gasteiger partial charge in [-0.3, -0.25) is 4.79 Å². The first-order chi connectivity index (χ1) is 11.3. The van der Waals surface area contributed by atoms with Crippen LogP contribution in [0, 0.1) is 6.92 Å². The van der Waals surface area contributed by atoms with Gasteiger partial charge in [-0.15, -0.1) is 0 Å². The van der Waals surface area contributed by atoms with Crippen molar-refractivity contribution in [1.82, 2.24) is 10.3 Å². The summed E-state index contributed by atoms with van der Waals surface area (Å²) in [5, 5.41) is 2.94. The van der Waals surface area contributed by atoms with E-state index in [0.717, 1.165) is 22.6 Å². The summed E-state index contributed by atoms with van der Waals surface area (Å²) in [4.78, 5) is 16.5. The third-order valence-electron chi connectivity index (χ3n) is 3.83. The largest absolute Gasteiger partial charge is 0.445 e. The van der Waals surface area contributed by atoms with Crippen LogP contribution in [0.25, 0.3) is 0 Å². The average molecular weight is 329 g/mol. The number of amides is 1. The van der Waals surface area contributed by atoms with Crippen molar-refractivity contribution in [3.63, 3.8) is 0 Å². The van der Waals surface area contributed by atoms with E-state index in [0.29, 0.717) is 31.8 Å². The van der Waals surface area contributed by atoms with Crippen molar-refractivity contribution >= 4 is 5.91 Å². The van der Waals surface area contributed by atoms with Gasteiger partial charge in [0.2, 0.25) is 5.91 Å². The number of nitrogens with two attached hydrogens (primary N) is 1. The molecule has 0 saturated carbocycles. The van der Waals surface area contributed by atoms with Gasteiger partial charge in [0.25, 0.3) is 0 Å². The molecule has 0 atom stereocenters. The molecule has 0 fully saturated rings. The number of carbonyl (C=O) groups is 1. The Bertz CT molecular complexity index is 699. The van der Waals surface area contributed by atoms with Gasteiger partial charge < -0.3 is 15.5 Å². The first-order valence-electron chi connectivity index (χ1n) is 8.31. The summed E-state index contributed by atoms with van der Waals surface area (Å²) in [5.41, 5.74) is 8.48. The van der Waals surface area contributed by atoms with Crippen LogP contribution in [0.2, 0.25) is 0 Å². The molecule has 5 heteroatoms. The number of aryl methyl sites for hydroxylation is 2. The molecule has 1 aromatic heterocycles. The maximum Gasteiger partial charge on any atom is 0.220 e. The molecule has 0 bridgehead atoms. The van der Waals surface area contributed by atoms with Crippen molar-refractivity contribution in [2.45, 2.75) is 59.0 Å². The van der Waals surface area contributed by atoms with Crippen LogP contribution >= 0.6 is 0 Å². The second kappa shape index (κ2) is 7.62. The third kappa shape index (κ3) is 4.93. The third-order valence-corrected chi connectivity index (χ3v) is 3.83. The molecule has 24 heavy (non-hydrogen) atoms. The second-order valence-electron chi connectivity index (χ2n) is 7.08. The minimum Gasteiger partial charge on any atom is -0.445 e. The Labute approximate surface area is 143 Å². The van der Waals surface area contributed by atoms with Crippen LogP contribution in [0.1, 0.15) is 55.7 Å². The molecule has 0 aliphatic carbocycles. The van der Waals surface area contributed by atoms with Crippen molar-refractivity contribution < 1.29 is 9.21 Å². The molecular weight excluding hydrogens is 302 g/mol. The minimum absolute atomic E-state index is 0.00117. The number of aromatic nitrogens is 1. The van der Waals surface area contributed by atoms with Crippen molar-refractivity contribution in [1.29, 1.82) is 0 Å². The van der Waals surface area contributed by atoms with Crippen LogP contribution < -0.4 is 11.1 Å². The summed E-state index contributed by atoms with van der Waals surface area (Å²) in [6.45, 7) is 9.11. The Morgan fingerprint density at radius 3 is 2.62 bits per heavy atom. The van der Waals surface area contributed by atoms with Crippen molar-refractivity contribution in [3.8, 4) is 0 Å². The molecule has 0 saturated heterocycles. The SMILES string of the molecule is Cc1nc(C(C)(C)C)oc1CCC(=O)NCc1cccc(CN)c1. The smallest absolute Gasteiger partial charge is 0.220 e. The Morgan fingerprint density at radius 2 is 2.00 bits per heavy atom. The Kier molecular flexibility index (Phi) is 5.78. The summed E-state index contributed by atoms with van der Waals surface area (Å²) in [6.07, 6.45) is 0.944. The fourth-order valence-corrected chi connectivity index (χ4v) is 2.36. The van der Waals surface area contributed by atoms with Gasteiger partial charge >= 0.3 is 0 Å². The normalized spacial score (nSPS) is 11.5. The van der Waals surface area contributed by atoms with E-state index in [-0.39, 0.29) is 11.3 Å². The van der Waals surface area contributed by atoms with Gasteiger partial charge in [0.15, 0.2) is 5.89 Å². The number of nitrogens with zero attached hydrogens (tertiary/aromatic N) is 1. The zero-order chi connectivity index (χ0) is 17.7. The molecule has 0 unspecified atom stereocenters. The Hall–Kier alpha value is -2.14. The molecule has 1 amide bonds. The molecule has 0 aliphatic heterocycles. The molecule has 0 spiro atoms. The lowest BCUT2D eigenvalue weighted by atomic mass is 9.97. The topological polar surface area (TPSA) is 81.2 Å². The van der Waals surface area contributed by atoms with Crippen LogP contribution in [0.5, 0.6) is 0 Å². The van der Waals surface area contributed by atoms with Crippen LogP contribution in [0.4, 0.5) is 0 Å². The van der Waals surface area contributed by atoms with E-state index in [1.54, 1.807) is 0 Å². The first-order valence-corrected chi connectivity index (χ1v) is 8.31. The maximum absolute atomic E-state index is 12.1. The lowest BCUT2D eigenvalue weighted by Gasteiger charge is -2.12. The molecule has 130 valence electrons. The van der Waals surface area contributed by atoms with Crippen LogP contribution in [-0.2, 0) is 29.7 Å². The monoisotopic (exact) mass is 329 g/mol. The Balaban J connectivity index is 1.86. The number of oxazole rings is 1. The molecular formula is C19H27N3O2. The predicted octanol–water partition coefficient (Wildman–Crippen LogP) is 2.99. The van der Waals surface area contributed by atoms with Crippen LogP contribution in [-0.4, -0.2) is 10.9 Å². The number of hydrogen-bond donors (Lipinski definition) is 2. The highest BCUT2D eigenvalue weighted by Gasteiger charge is 2.22. The van der Waals surface area contributed by atoms with Crippen molar-refractivity contribution in [2.75, 3.05) is 0 Å². The zero-order valence-electron chi connectivity index (χ0n) is 15.0. The number of hydrogen-bond acceptors (Lipinski definition) is 4. The van der Waals surface area contributed by atoms with Crippen molar-refractivity contribution in [2.24, 2.45) is 5.73 Å². The average Bonchev–Trinajstić information content (AvgIpc) is 2.92. The van der Waals surface area contributed by atoms with E-state index in [9.17, 15) is 4.79 Å². The highest BCUT2D eigenvalue weighted by atomic mass is 16.4. The van der Waals surface area contributed by atoms with Gasteiger partial charge in [-0.1, -0.05) is 45.0 Å². The van der Waals surface area contributed by atoms with E-state index in [1.165, 1.54) is 0 Å². The zero-order valence-corrected chi connectivity index (χ0v) is 15.0. The predicted molar refractivity (Wildman–Crippen MR) is 94.4 cm³/mol. The van der Waals surface area contributed by atoms with E-state index < -0.39 is 0 Å². The van der Waals surface area contributed by atoms with Gasteiger partial charge in [-0.05, 0) is 18.1 Å². The standard InChI is InChI=1S/C19H27N3O2/c1-13-16(24-18(22-13)19(2,3)4)8-9-17(23)21-12-15-7-5-6-14(10-15)11-20/h5-7,10H,8-9,11-12,20H2,1-4H3,(H,21,23). The quantitative estimate of drug-likeness (QED) is 0.853. The molecule has 1 aromatic carbocycles. The summed E-state index contributed by atoms with van der Waals surface area (Å²) in [7, 11) is 0. The van der Waals surface area contributed by atoms with E-state index in [4.69, 9.17) is 10.2 Å².